The van der Waals surface area contributed by atoms with Crippen LogP contribution in [0.4, 0.5) is 0 Å². The average molecular weight is 271 g/mol. The van der Waals surface area contributed by atoms with Gasteiger partial charge < -0.3 is 15.8 Å². The Morgan fingerprint density at radius 3 is 2.78 bits per heavy atom. The first-order chi connectivity index (χ1) is 8.51. The number of carbonyl (C=O) groups is 1. The fourth-order valence-corrected chi connectivity index (χ4v) is 2.07. The number of amides is 1. The molecule has 0 radical (unpaired) electrons. The van der Waals surface area contributed by atoms with Crippen LogP contribution in [0.1, 0.15) is 29.2 Å². The number of amidine groups is 1. The molecule has 0 saturated carbocycles. The Morgan fingerprint density at radius 1 is 1.67 bits per heavy atom. The maximum atomic E-state index is 12.2. The van der Waals surface area contributed by atoms with Gasteiger partial charge in [0.2, 0.25) is 0 Å². The van der Waals surface area contributed by atoms with E-state index in [9.17, 15) is 4.79 Å². The van der Waals surface area contributed by atoms with E-state index in [0.29, 0.717) is 23.7 Å². The average Bonchev–Trinajstić information content (AvgIpc) is 2.79. The highest BCUT2D eigenvalue weighted by Crippen LogP contribution is 2.14. The lowest BCUT2D eigenvalue weighted by molar-refractivity contribution is 0.0757. The number of hydrogen-bond donors (Lipinski definition) is 2. The van der Waals surface area contributed by atoms with Crippen LogP contribution in [0.15, 0.2) is 5.16 Å². The minimum atomic E-state index is -0.208. The number of aryl methyl sites for hydroxylation is 1. The third-order valence-corrected chi connectivity index (χ3v) is 3.45. The minimum Gasteiger partial charge on any atom is -0.409 e. The van der Waals surface area contributed by atoms with Crippen LogP contribution in [-0.4, -0.2) is 44.5 Å². The molecular weight excluding hydrogens is 254 g/mol. The normalized spacial score (nSPS) is 13.4. The molecule has 100 valence electrons. The van der Waals surface area contributed by atoms with E-state index in [0.717, 1.165) is 11.5 Å². The van der Waals surface area contributed by atoms with Crippen LogP contribution < -0.4 is 5.73 Å². The zero-order chi connectivity index (χ0) is 13.7. The number of oxime groups is 1. The second-order valence-corrected chi connectivity index (χ2v) is 4.71. The van der Waals surface area contributed by atoms with Crippen LogP contribution in [0, 0.1) is 12.8 Å². The molecule has 0 aromatic carbocycles. The van der Waals surface area contributed by atoms with Crippen LogP contribution in [0.25, 0.3) is 0 Å². The molecule has 0 bridgehead atoms. The Morgan fingerprint density at radius 2 is 2.33 bits per heavy atom. The minimum absolute atomic E-state index is 0.111. The molecular formula is C10H17N5O2S. The van der Waals surface area contributed by atoms with E-state index < -0.39 is 0 Å². The first-order valence-corrected chi connectivity index (χ1v) is 6.34. The number of carbonyl (C=O) groups excluding carboxylic acids is 1. The summed E-state index contributed by atoms with van der Waals surface area (Å²) in [6.07, 6.45) is 0. The molecule has 0 aliphatic rings. The quantitative estimate of drug-likeness (QED) is 0.355. The van der Waals surface area contributed by atoms with Crippen LogP contribution >= 0.6 is 11.5 Å². The van der Waals surface area contributed by atoms with Gasteiger partial charge in [0.05, 0.1) is 5.69 Å². The van der Waals surface area contributed by atoms with Gasteiger partial charge in [-0.3, -0.25) is 4.79 Å². The zero-order valence-corrected chi connectivity index (χ0v) is 11.4. The van der Waals surface area contributed by atoms with Crippen LogP contribution in [0.3, 0.4) is 0 Å². The van der Waals surface area contributed by atoms with E-state index in [1.807, 2.05) is 6.92 Å². The highest BCUT2D eigenvalue weighted by atomic mass is 32.1. The highest BCUT2D eigenvalue weighted by Gasteiger charge is 2.22. The summed E-state index contributed by atoms with van der Waals surface area (Å²) in [6.45, 7) is 6.35. The van der Waals surface area contributed by atoms with Crippen LogP contribution in [0.2, 0.25) is 0 Å². The highest BCUT2D eigenvalue weighted by molar-refractivity contribution is 7.07. The molecule has 1 amide bonds. The number of rotatable bonds is 5. The smallest absolute Gasteiger partial charge is 0.267 e. The molecule has 0 spiro atoms. The largest absolute Gasteiger partial charge is 0.409 e. The number of nitrogens with zero attached hydrogens (tertiary/aromatic N) is 4. The number of aromatic nitrogens is 2. The summed E-state index contributed by atoms with van der Waals surface area (Å²) in [5, 5.41) is 15.4. The molecule has 1 aromatic heterocycles. The molecule has 3 N–H and O–H groups in total. The van der Waals surface area contributed by atoms with Gasteiger partial charge in [0.1, 0.15) is 10.7 Å². The monoisotopic (exact) mass is 271 g/mol. The molecule has 0 fully saturated rings. The van der Waals surface area contributed by atoms with E-state index in [4.69, 9.17) is 10.9 Å². The molecule has 0 aliphatic heterocycles. The summed E-state index contributed by atoms with van der Waals surface area (Å²) < 4.78 is 3.75. The van der Waals surface area contributed by atoms with Gasteiger partial charge >= 0.3 is 0 Å². The van der Waals surface area contributed by atoms with Crippen molar-refractivity contribution in [1.29, 1.82) is 0 Å². The van der Waals surface area contributed by atoms with Crippen molar-refractivity contribution in [1.82, 2.24) is 14.5 Å². The lowest BCUT2D eigenvalue weighted by Crippen LogP contribution is -2.38. The van der Waals surface area contributed by atoms with Gasteiger partial charge in [-0.1, -0.05) is 16.6 Å². The van der Waals surface area contributed by atoms with E-state index in [-0.39, 0.29) is 17.7 Å². The Hall–Kier alpha value is -1.70. The standard InChI is InChI=1S/C10H17N5O2S/c1-4-15(5-6(2)9(11)13-17)10(16)8-7(3)12-14-18-8/h6,17H,4-5H2,1-3H3,(H2,11,13). The molecule has 0 aliphatic carbocycles. The van der Waals surface area contributed by atoms with Crippen LogP contribution in [-0.2, 0) is 0 Å². The summed E-state index contributed by atoms with van der Waals surface area (Å²) in [5.74, 6) is -0.219. The maximum absolute atomic E-state index is 12.2. The van der Waals surface area contributed by atoms with Crippen molar-refractivity contribution in [3.8, 4) is 0 Å². The lowest BCUT2D eigenvalue weighted by atomic mass is 10.1. The van der Waals surface area contributed by atoms with Gasteiger partial charge in [-0.25, -0.2) is 0 Å². The second-order valence-electron chi connectivity index (χ2n) is 3.96. The molecule has 1 unspecified atom stereocenters. The zero-order valence-electron chi connectivity index (χ0n) is 10.6. The molecule has 18 heavy (non-hydrogen) atoms. The predicted octanol–water partition coefficient (Wildman–Crippen LogP) is 0.691. The first kappa shape index (κ1) is 14.4. The fourth-order valence-electron chi connectivity index (χ4n) is 1.45. The summed E-state index contributed by atoms with van der Waals surface area (Å²) in [4.78, 5) is 14.4. The van der Waals surface area contributed by atoms with Gasteiger partial charge in [-0.05, 0) is 25.4 Å². The van der Waals surface area contributed by atoms with Crippen LogP contribution in [0.5, 0.6) is 0 Å². The molecule has 0 saturated heterocycles. The number of nitrogens with two attached hydrogens (primary N) is 1. The third-order valence-electron chi connectivity index (χ3n) is 2.63. The van der Waals surface area contributed by atoms with Crippen molar-refractivity contribution in [2.45, 2.75) is 20.8 Å². The topological polar surface area (TPSA) is 105 Å². The molecule has 1 heterocycles. The van der Waals surface area contributed by atoms with Gasteiger partial charge in [-0.15, -0.1) is 5.10 Å². The van der Waals surface area contributed by atoms with Crippen molar-refractivity contribution < 1.29 is 10.0 Å². The van der Waals surface area contributed by atoms with Crippen molar-refractivity contribution in [3.63, 3.8) is 0 Å². The Kier molecular flexibility index (Phi) is 5.02. The summed E-state index contributed by atoms with van der Waals surface area (Å²) >= 11 is 1.08. The van der Waals surface area contributed by atoms with Gasteiger partial charge in [0, 0.05) is 19.0 Å². The van der Waals surface area contributed by atoms with E-state index >= 15 is 0 Å². The Bertz CT molecular complexity index is 445. The van der Waals surface area contributed by atoms with Gasteiger partial charge in [0.25, 0.3) is 5.91 Å². The molecule has 1 rings (SSSR count). The van der Waals surface area contributed by atoms with E-state index in [1.54, 1.807) is 18.7 Å². The molecule has 8 heteroatoms. The first-order valence-electron chi connectivity index (χ1n) is 5.56. The second kappa shape index (κ2) is 6.29. The molecule has 1 aromatic rings. The Labute approximate surface area is 109 Å². The van der Waals surface area contributed by atoms with Crippen molar-refractivity contribution in [3.05, 3.63) is 10.6 Å². The van der Waals surface area contributed by atoms with Crippen molar-refractivity contribution in [2.75, 3.05) is 13.1 Å². The fraction of sp³-hybridized carbons (Fsp3) is 0.600. The number of hydrogen-bond acceptors (Lipinski definition) is 6. The Balaban J connectivity index is 2.79. The predicted molar refractivity (Wildman–Crippen MR) is 68.8 cm³/mol. The van der Waals surface area contributed by atoms with E-state index in [1.165, 1.54) is 0 Å². The summed E-state index contributed by atoms with van der Waals surface area (Å²) in [5.41, 5.74) is 6.13. The molecule has 1 atom stereocenters. The summed E-state index contributed by atoms with van der Waals surface area (Å²) in [7, 11) is 0. The summed E-state index contributed by atoms with van der Waals surface area (Å²) in [6, 6.07) is 0. The third kappa shape index (κ3) is 3.16. The van der Waals surface area contributed by atoms with Crippen molar-refractivity contribution >= 4 is 23.3 Å². The SMILES string of the molecule is CCN(CC(C)C(N)=NO)C(=O)c1snnc1C. The van der Waals surface area contributed by atoms with Gasteiger partial charge in [0.15, 0.2) is 0 Å². The van der Waals surface area contributed by atoms with Crippen molar-refractivity contribution in [2.24, 2.45) is 16.8 Å². The maximum Gasteiger partial charge on any atom is 0.267 e. The van der Waals surface area contributed by atoms with E-state index in [2.05, 4.69) is 14.7 Å². The molecule has 7 nitrogen and oxygen atoms in total. The van der Waals surface area contributed by atoms with Gasteiger partial charge in [-0.2, -0.15) is 0 Å². The lowest BCUT2D eigenvalue weighted by Gasteiger charge is -2.23.